The van der Waals surface area contributed by atoms with Crippen molar-refractivity contribution in [2.45, 2.75) is 19.1 Å². The SMILES string of the molecule is COc1ccccc1CN=C(N)NCC1Cc2ccccc2O1. The fraction of sp³-hybridized carbons (Fsp3) is 0.278. The molecular formula is C18H21N3O2. The summed E-state index contributed by atoms with van der Waals surface area (Å²) < 4.78 is 11.2. The van der Waals surface area contributed by atoms with Crippen molar-refractivity contribution in [2.75, 3.05) is 13.7 Å². The van der Waals surface area contributed by atoms with Gasteiger partial charge in [-0.15, -0.1) is 0 Å². The lowest BCUT2D eigenvalue weighted by Crippen LogP contribution is -2.39. The molecule has 0 radical (unpaired) electrons. The van der Waals surface area contributed by atoms with Gasteiger partial charge in [0.05, 0.1) is 20.2 Å². The van der Waals surface area contributed by atoms with Gasteiger partial charge in [-0.2, -0.15) is 0 Å². The molecule has 2 aromatic carbocycles. The van der Waals surface area contributed by atoms with Gasteiger partial charge in [0, 0.05) is 12.0 Å². The van der Waals surface area contributed by atoms with Crippen LogP contribution >= 0.6 is 0 Å². The first-order valence-electron chi connectivity index (χ1n) is 7.66. The van der Waals surface area contributed by atoms with Gasteiger partial charge in [0.2, 0.25) is 0 Å². The highest BCUT2D eigenvalue weighted by molar-refractivity contribution is 5.77. The van der Waals surface area contributed by atoms with Crippen molar-refractivity contribution in [2.24, 2.45) is 10.7 Å². The molecular weight excluding hydrogens is 290 g/mol. The van der Waals surface area contributed by atoms with Crippen molar-refractivity contribution in [3.63, 3.8) is 0 Å². The molecule has 1 heterocycles. The van der Waals surface area contributed by atoms with Gasteiger partial charge < -0.3 is 20.5 Å². The molecule has 0 aliphatic carbocycles. The van der Waals surface area contributed by atoms with E-state index in [9.17, 15) is 0 Å². The number of guanidine groups is 1. The average molecular weight is 311 g/mol. The zero-order chi connectivity index (χ0) is 16.1. The monoisotopic (exact) mass is 311 g/mol. The van der Waals surface area contributed by atoms with E-state index < -0.39 is 0 Å². The maximum Gasteiger partial charge on any atom is 0.189 e. The molecule has 5 nitrogen and oxygen atoms in total. The van der Waals surface area contributed by atoms with Gasteiger partial charge in [-0.25, -0.2) is 4.99 Å². The summed E-state index contributed by atoms with van der Waals surface area (Å²) in [6.45, 7) is 1.12. The Morgan fingerprint density at radius 2 is 2.04 bits per heavy atom. The Labute approximate surface area is 136 Å². The zero-order valence-electron chi connectivity index (χ0n) is 13.2. The van der Waals surface area contributed by atoms with Crippen LogP contribution in [0.25, 0.3) is 0 Å². The average Bonchev–Trinajstić information content (AvgIpc) is 3.01. The van der Waals surface area contributed by atoms with E-state index in [1.165, 1.54) is 5.56 Å². The summed E-state index contributed by atoms with van der Waals surface area (Å²) in [6.07, 6.45) is 0.982. The Kier molecular flexibility index (Phi) is 4.66. The number of rotatable bonds is 5. The lowest BCUT2D eigenvalue weighted by Gasteiger charge is -2.12. The Balaban J connectivity index is 1.51. The molecule has 0 bridgehead atoms. The molecule has 3 rings (SSSR count). The number of nitrogens with two attached hydrogens (primary N) is 1. The second-order valence-electron chi connectivity index (χ2n) is 5.45. The molecule has 1 aliphatic heterocycles. The second kappa shape index (κ2) is 7.05. The van der Waals surface area contributed by atoms with E-state index in [0.717, 1.165) is 23.5 Å². The van der Waals surface area contributed by atoms with E-state index in [4.69, 9.17) is 15.2 Å². The number of hydrogen-bond acceptors (Lipinski definition) is 3. The quantitative estimate of drug-likeness (QED) is 0.655. The van der Waals surface area contributed by atoms with Gasteiger partial charge in [0.15, 0.2) is 5.96 Å². The van der Waals surface area contributed by atoms with E-state index >= 15 is 0 Å². The van der Waals surface area contributed by atoms with Gasteiger partial charge in [-0.3, -0.25) is 0 Å². The van der Waals surface area contributed by atoms with Crippen molar-refractivity contribution in [3.05, 3.63) is 59.7 Å². The molecule has 0 aromatic heterocycles. The van der Waals surface area contributed by atoms with Crippen molar-refractivity contribution in [3.8, 4) is 11.5 Å². The molecule has 0 fully saturated rings. The highest BCUT2D eigenvalue weighted by Crippen LogP contribution is 2.27. The first kappa shape index (κ1) is 15.2. The molecule has 0 saturated heterocycles. The molecule has 3 N–H and O–H groups in total. The maximum atomic E-state index is 5.94. The number of nitrogens with zero attached hydrogens (tertiary/aromatic N) is 1. The highest BCUT2D eigenvalue weighted by atomic mass is 16.5. The highest BCUT2D eigenvalue weighted by Gasteiger charge is 2.21. The predicted octanol–water partition coefficient (Wildman–Crippen LogP) is 2.10. The van der Waals surface area contributed by atoms with Gasteiger partial charge in [-0.05, 0) is 17.7 Å². The normalized spacial score (nSPS) is 16.6. The van der Waals surface area contributed by atoms with Crippen LogP contribution in [0.15, 0.2) is 53.5 Å². The molecule has 1 aliphatic rings. The molecule has 0 spiro atoms. The number of ether oxygens (including phenoxy) is 2. The van der Waals surface area contributed by atoms with E-state index in [1.807, 2.05) is 42.5 Å². The molecule has 1 unspecified atom stereocenters. The van der Waals surface area contributed by atoms with Crippen molar-refractivity contribution < 1.29 is 9.47 Å². The standard InChI is InChI=1S/C18H21N3O2/c1-22-16-8-4-3-7-14(16)11-20-18(19)21-12-15-10-13-6-2-5-9-17(13)23-15/h2-9,15H,10-12H2,1H3,(H3,19,20,21). The summed E-state index contributed by atoms with van der Waals surface area (Å²) in [5.74, 6) is 2.19. The lowest BCUT2D eigenvalue weighted by atomic mass is 10.1. The summed E-state index contributed by atoms with van der Waals surface area (Å²) in [6, 6.07) is 15.9. The predicted molar refractivity (Wildman–Crippen MR) is 90.9 cm³/mol. The molecule has 0 saturated carbocycles. The summed E-state index contributed by atoms with van der Waals surface area (Å²) >= 11 is 0. The van der Waals surface area contributed by atoms with Crippen LogP contribution in [0.2, 0.25) is 0 Å². The Hall–Kier alpha value is -2.69. The van der Waals surface area contributed by atoms with Gasteiger partial charge in [0.1, 0.15) is 17.6 Å². The van der Waals surface area contributed by atoms with Crippen LogP contribution in [0.1, 0.15) is 11.1 Å². The molecule has 23 heavy (non-hydrogen) atoms. The minimum absolute atomic E-state index is 0.0902. The number of fused-ring (bicyclic) bond motifs is 1. The Morgan fingerprint density at radius 1 is 1.26 bits per heavy atom. The van der Waals surface area contributed by atoms with Crippen molar-refractivity contribution in [1.82, 2.24) is 5.32 Å². The Bertz CT molecular complexity index is 675. The molecule has 0 amide bonds. The lowest BCUT2D eigenvalue weighted by molar-refractivity contribution is 0.235. The first-order chi connectivity index (χ1) is 11.3. The minimum Gasteiger partial charge on any atom is -0.496 e. The fourth-order valence-corrected chi connectivity index (χ4v) is 2.65. The fourth-order valence-electron chi connectivity index (χ4n) is 2.65. The second-order valence-corrected chi connectivity index (χ2v) is 5.45. The third kappa shape index (κ3) is 3.74. The van der Waals surface area contributed by atoms with Gasteiger partial charge in [0.25, 0.3) is 0 Å². The number of methoxy groups -OCH3 is 1. The summed E-state index contributed by atoms with van der Waals surface area (Å²) in [4.78, 5) is 4.36. The van der Waals surface area contributed by atoms with Crippen LogP contribution in [0.5, 0.6) is 11.5 Å². The molecule has 1 atom stereocenters. The third-order valence-corrected chi connectivity index (χ3v) is 3.84. The number of benzene rings is 2. The zero-order valence-corrected chi connectivity index (χ0v) is 13.2. The summed E-state index contributed by atoms with van der Waals surface area (Å²) in [7, 11) is 1.65. The van der Waals surface area contributed by atoms with Crippen molar-refractivity contribution >= 4 is 5.96 Å². The summed E-state index contributed by atoms with van der Waals surface area (Å²) in [5.41, 5.74) is 8.18. The molecule has 120 valence electrons. The number of aliphatic imine (C=N–C) groups is 1. The molecule has 2 aromatic rings. The van der Waals surface area contributed by atoms with Crippen LogP contribution in [-0.2, 0) is 13.0 Å². The van der Waals surface area contributed by atoms with Crippen molar-refractivity contribution in [1.29, 1.82) is 0 Å². The number of para-hydroxylation sites is 2. The van der Waals surface area contributed by atoms with E-state index in [0.29, 0.717) is 19.0 Å². The summed E-state index contributed by atoms with van der Waals surface area (Å²) in [5, 5.41) is 3.13. The number of hydrogen-bond donors (Lipinski definition) is 2. The maximum absolute atomic E-state index is 5.94. The number of nitrogens with one attached hydrogen (secondary N) is 1. The Morgan fingerprint density at radius 3 is 2.87 bits per heavy atom. The smallest absolute Gasteiger partial charge is 0.189 e. The molecule has 5 heteroatoms. The van der Waals surface area contributed by atoms with Crippen LogP contribution in [-0.4, -0.2) is 25.7 Å². The van der Waals surface area contributed by atoms with E-state index in [2.05, 4.69) is 16.4 Å². The van der Waals surface area contributed by atoms with Crippen LogP contribution in [0.4, 0.5) is 0 Å². The van der Waals surface area contributed by atoms with Gasteiger partial charge >= 0.3 is 0 Å². The van der Waals surface area contributed by atoms with Crippen LogP contribution < -0.4 is 20.5 Å². The third-order valence-electron chi connectivity index (χ3n) is 3.84. The van der Waals surface area contributed by atoms with Crippen LogP contribution in [0.3, 0.4) is 0 Å². The van der Waals surface area contributed by atoms with Crippen LogP contribution in [0, 0.1) is 0 Å². The minimum atomic E-state index is 0.0902. The van der Waals surface area contributed by atoms with E-state index in [1.54, 1.807) is 7.11 Å². The van der Waals surface area contributed by atoms with E-state index in [-0.39, 0.29) is 6.10 Å². The largest absolute Gasteiger partial charge is 0.496 e. The van der Waals surface area contributed by atoms with Gasteiger partial charge in [-0.1, -0.05) is 36.4 Å². The first-order valence-corrected chi connectivity index (χ1v) is 7.66. The topological polar surface area (TPSA) is 68.9 Å².